The molecule has 0 aromatic heterocycles. The fraction of sp³-hybridized carbons (Fsp3) is 0.611. The van der Waals surface area contributed by atoms with Crippen LogP contribution in [0.1, 0.15) is 37.3 Å². The molecule has 2 aliphatic rings. The van der Waals surface area contributed by atoms with Crippen molar-refractivity contribution in [3.8, 4) is 0 Å². The Labute approximate surface area is 178 Å². The van der Waals surface area contributed by atoms with Gasteiger partial charge in [-0.3, -0.25) is 0 Å². The molecule has 2 aliphatic heterocycles. The van der Waals surface area contributed by atoms with Crippen molar-refractivity contribution < 1.29 is 13.2 Å². The number of rotatable bonds is 7. The van der Waals surface area contributed by atoms with Crippen LogP contribution in [0.25, 0.3) is 0 Å². The third kappa shape index (κ3) is 6.30. The average molecular weight is 508 g/mol. The Morgan fingerprint density at radius 1 is 1.30 bits per heavy atom. The van der Waals surface area contributed by atoms with Crippen LogP contribution in [-0.4, -0.2) is 46.2 Å². The van der Waals surface area contributed by atoms with E-state index < -0.39 is 10.0 Å². The summed E-state index contributed by atoms with van der Waals surface area (Å²) in [5, 5.41) is 6.77. The van der Waals surface area contributed by atoms with Crippen molar-refractivity contribution in [1.29, 1.82) is 0 Å². The van der Waals surface area contributed by atoms with Crippen molar-refractivity contribution >= 4 is 40.0 Å². The van der Waals surface area contributed by atoms with Gasteiger partial charge in [0.2, 0.25) is 10.0 Å². The van der Waals surface area contributed by atoms with Crippen LogP contribution in [0, 0.1) is 0 Å². The first-order chi connectivity index (χ1) is 12.5. The van der Waals surface area contributed by atoms with Gasteiger partial charge in [0, 0.05) is 6.54 Å². The lowest BCUT2D eigenvalue weighted by Gasteiger charge is -2.22. The number of nitrogens with zero attached hydrogens (tertiary/aromatic N) is 1. The molecule has 27 heavy (non-hydrogen) atoms. The summed E-state index contributed by atoms with van der Waals surface area (Å²) in [7, 11) is -1.85. The summed E-state index contributed by atoms with van der Waals surface area (Å²) >= 11 is 0. The van der Waals surface area contributed by atoms with Gasteiger partial charge < -0.3 is 15.4 Å². The summed E-state index contributed by atoms with van der Waals surface area (Å²) in [6.45, 7) is 3.32. The second-order valence-electron chi connectivity index (χ2n) is 6.84. The number of aliphatic imine (C=N–C) groups is 1. The Morgan fingerprint density at radius 3 is 2.70 bits per heavy atom. The van der Waals surface area contributed by atoms with E-state index in [4.69, 9.17) is 4.74 Å². The van der Waals surface area contributed by atoms with Crippen molar-refractivity contribution in [1.82, 2.24) is 15.4 Å². The highest BCUT2D eigenvalue weighted by Crippen LogP contribution is 2.34. The summed E-state index contributed by atoms with van der Waals surface area (Å²) in [6.07, 6.45) is 4.00. The molecule has 2 bridgehead atoms. The molecule has 1 aromatic carbocycles. The van der Waals surface area contributed by atoms with E-state index >= 15 is 0 Å². The molecule has 0 amide bonds. The average Bonchev–Trinajstić information content (AvgIpc) is 3.23. The van der Waals surface area contributed by atoms with Gasteiger partial charge in [0.1, 0.15) is 0 Å². The monoisotopic (exact) mass is 508 g/mol. The first-order valence-corrected chi connectivity index (χ1v) is 10.8. The van der Waals surface area contributed by atoms with Crippen LogP contribution in [0.15, 0.2) is 29.3 Å². The fourth-order valence-electron chi connectivity index (χ4n) is 3.57. The van der Waals surface area contributed by atoms with Crippen LogP contribution < -0.4 is 15.4 Å². The topological polar surface area (TPSA) is 91.8 Å². The van der Waals surface area contributed by atoms with Gasteiger partial charge in [-0.2, -0.15) is 0 Å². The zero-order valence-corrected chi connectivity index (χ0v) is 18.9. The molecule has 0 spiro atoms. The van der Waals surface area contributed by atoms with E-state index in [9.17, 15) is 8.42 Å². The molecule has 1 aromatic rings. The van der Waals surface area contributed by atoms with Crippen LogP contribution in [0.4, 0.5) is 0 Å². The van der Waals surface area contributed by atoms with Crippen molar-refractivity contribution in [3.63, 3.8) is 0 Å². The number of nitrogens with one attached hydrogen (secondary N) is 3. The number of halogens is 1. The molecule has 0 saturated carbocycles. The van der Waals surface area contributed by atoms with Crippen LogP contribution in [0.2, 0.25) is 0 Å². The Balaban J connectivity index is 0.00000261. The molecule has 0 aliphatic carbocycles. The van der Waals surface area contributed by atoms with E-state index in [-0.39, 0.29) is 29.7 Å². The molecule has 3 atom stereocenters. The molecule has 2 heterocycles. The molecule has 7 nitrogen and oxygen atoms in total. The quantitative estimate of drug-likeness (QED) is 0.297. The van der Waals surface area contributed by atoms with Gasteiger partial charge >= 0.3 is 0 Å². The first-order valence-electron chi connectivity index (χ1n) is 9.18. The minimum Gasteiger partial charge on any atom is -0.373 e. The highest BCUT2D eigenvalue weighted by molar-refractivity contribution is 14.0. The van der Waals surface area contributed by atoms with Gasteiger partial charge in [0.15, 0.2) is 5.96 Å². The lowest BCUT2D eigenvalue weighted by molar-refractivity contribution is 0.0992. The standard InChI is InChI=1S/C18H28N4O3S.HI/c1-3-20-18(22-16-10-15-7-8-17(16)25-15)21-11-13-5-4-6-14(9-13)12-26(23,24)19-2;/h4-6,9,15-17,19H,3,7-8,10-12H2,1-2H3,(H2,20,21,22);1H. The predicted octanol–water partition coefficient (Wildman–Crippen LogP) is 1.73. The number of hydrogen-bond acceptors (Lipinski definition) is 4. The van der Waals surface area contributed by atoms with Gasteiger partial charge in [0.05, 0.1) is 30.5 Å². The zero-order chi connectivity index (χ0) is 18.6. The summed E-state index contributed by atoms with van der Waals surface area (Å²) in [6, 6.07) is 7.86. The van der Waals surface area contributed by atoms with E-state index in [1.165, 1.54) is 13.5 Å². The number of hydrogen-bond donors (Lipinski definition) is 3. The summed E-state index contributed by atoms with van der Waals surface area (Å²) in [5.41, 5.74) is 1.74. The summed E-state index contributed by atoms with van der Waals surface area (Å²) in [4.78, 5) is 4.66. The van der Waals surface area contributed by atoms with Gasteiger partial charge in [0.25, 0.3) is 0 Å². The number of ether oxygens (including phenoxy) is 1. The maximum atomic E-state index is 11.7. The van der Waals surface area contributed by atoms with Gasteiger partial charge in [-0.25, -0.2) is 18.1 Å². The molecular formula is C18H29IN4O3S. The van der Waals surface area contributed by atoms with E-state index in [2.05, 4.69) is 20.3 Å². The van der Waals surface area contributed by atoms with Crippen LogP contribution >= 0.6 is 24.0 Å². The minimum atomic E-state index is -3.27. The third-order valence-electron chi connectivity index (χ3n) is 4.85. The maximum absolute atomic E-state index is 11.7. The van der Waals surface area contributed by atoms with Gasteiger partial charge in [-0.1, -0.05) is 24.3 Å². The minimum absolute atomic E-state index is 0. The third-order valence-corrected chi connectivity index (χ3v) is 6.19. The highest BCUT2D eigenvalue weighted by atomic mass is 127. The van der Waals surface area contributed by atoms with Crippen molar-refractivity contribution in [2.45, 2.75) is 56.7 Å². The fourth-order valence-corrected chi connectivity index (χ4v) is 4.33. The summed E-state index contributed by atoms with van der Waals surface area (Å²) < 4.78 is 31.7. The van der Waals surface area contributed by atoms with Crippen LogP contribution in [0.3, 0.4) is 0 Å². The Bertz CT molecular complexity index is 757. The number of benzene rings is 1. The number of guanidine groups is 1. The Kier molecular flexibility index (Phi) is 8.32. The van der Waals surface area contributed by atoms with Gasteiger partial charge in [-0.05, 0) is 44.4 Å². The van der Waals surface area contributed by atoms with E-state index in [0.29, 0.717) is 24.8 Å². The van der Waals surface area contributed by atoms with E-state index in [0.717, 1.165) is 36.5 Å². The summed E-state index contributed by atoms with van der Waals surface area (Å²) in [5.74, 6) is 0.754. The van der Waals surface area contributed by atoms with E-state index in [1.807, 2.05) is 31.2 Å². The molecule has 3 rings (SSSR count). The molecule has 2 saturated heterocycles. The van der Waals surface area contributed by atoms with E-state index in [1.54, 1.807) is 0 Å². The Hall–Kier alpha value is -0.910. The number of fused-ring (bicyclic) bond motifs is 2. The molecule has 0 radical (unpaired) electrons. The molecule has 2 fully saturated rings. The smallest absolute Gasteiger partial charge is 0.215 e. The Morgan fingerprint density at radius 2 is 2.07 bits per heavy atom. The second-order valence-corrected chi connectivity index (χ2v) is 8.77. The second kappa shape index (κ2) is 10.0. The maximum Gasteiger partial charge on any atom is 0.215 e. The zero-order valence-electron chi connectivity index (χ0n) is 15.8. The van der Waals surface area contributed by atoms with Crippen molar-refractivity contribution in [2.24, 2.45) is 4.99 Å². The lowest BCUT2D eigenvalue weighted by atomic mass is 9.96. The molecule has 9 heteroatoms. The van der Waals surface area contributed by atoms with Crippen molar-refractivity contribution in [3.05, 3.63) is 35.4 Å². The van der Waals surface area contributed by atoms with Crippen molar-refractivity contribution in [2.75, 3.05) is 13.6 Å². The van der Waals surface area contributed by atoms with Crippen LogP contribution in [-0.2, 0) is 27.1 Å². The molecule has 3 N–H and O–H groups in total. The lowest BCUT2D eigenvalue weighted by Crippen LogP contribution is -2.47. The highest BCUT2D eigenvalue weighted by Gasteiger charge is 2.41. The van der Waals surface area contributed by atoms with Gasteiger partial charge in [-0.15, -0.1) is 24.0 Å². The SMILES string of the molecule is CCNC(=NCc1cccc(CS(=O)(=O)NC)c1)NC1CC2CCC1O2.I. The molecule has 152 valence electrons. The normalized spacial score (nSPS) is 24.5. The molecular weight excluding hydrogens is 479 g/mol. The largest absolute Gasteiger partial charge is 0.373 e. The van der Waals surface area contributed by atoms with Crippen LogP contribution in [0.5, 0.6) is 0 Å². The number of sulfonamides is 1. The molecule has 3 unspecified atom stereocenters. The predicted molar refractivity (Wildman–Crippen MR) is 118 cm³/mol. The first kappa shape index (κ1) is 22.4.